The summed E-state index contributed by atoms with van der Waals surface area (Å²) < 4.78 is 42.7. The van der Waals surface area contributed by atoms with Gasteiger partial charge in [0.2, 0.25) is 0 Å². The fraction of sp³-hybridized carbons (Fsp3) is 0.188. The van der Waals surface area contributed by atoms with Crippen LogP contribution in [0.15, 0.2) is 30.5 Å². The summed E-state index contributed by atoms with van der Waals surface area (Å²) in [4.78, 5) is 15.9. The summed E-state index contributed by atoms with van der Waals surface area (Å²) >= 11 is 0. The molecule has 2 aromatic heterocycles. The molecule has 2 heterocycles. The number of primary amides is 1. The zero-order valence-electron chi connectivity index (χ0n) is 13.8. The summed E-state index contributed by atoms with van der Waals surface area (Å²) in [6, 6.07) is 5.26. The first kappa shape index (κ1) is 17.5. The van der Waals surface area contributed by atoms with E-state index in [1.54, 1.807) is 14.0 Å². The summed E-state index contributed by atoms with van der Waals surface area (Å²) in [6.07, 6.45) is -3.51. The molecule has 0 saturated heterocycles. The minimum absolute atomic E-state index is 0.0933. The third-order valence-corrected chi connectivity index (χ3v) is 3.63. The largest absolute Gasteiger partial charge is 0.573 e. The molecule has 0 fully saturated rings. The van der Waals surface area contributed by atoms with E-state index in [0.29, 0.717) is 22.4 Å². The Bertz CT molecular complexity index is 997. The molecule has 136 valence electrons. The van der Waals surface area contributed by atoms with Crippen LogP contribution in [0.4, 0.5) is 24.5 Å². The summed E-state index contributed by atoms with van der Waals surface area (Å²) in [5.74, 6) is -1.12. The lowest BCUT2D eigenvalue weighted by Crippen LogP contribution is -2.17. The van der Waals surface area contributed by atoms with E-state index in [2.05, 4.69) is 20.1 Å². The maximum absolute atomic E-state index is 12.4. The van der Waals surface area contributed by atoms with Crippen LogP contribution < -0.4 is 15.8 Å². The minimum atomic E-state index is -4.80. The number of nitrogens with one attached hydrogen (secondary N) is 1. The van der Waals surface area contributed by atoms with Crippen LogP contribution >= 0.6 is 0 Å². The van der Waals surface area contributed by atoms with Crippen molar-refractivity contribution in [3.05, 3.63) is 41.7 Å². The Morgan fingerprint density at radius 3 is 2.73 bits per heavy atom. The SMILES string of the molecule is Cc1nn(C)c2ncc(C(N)=O)c(Nc3cccc(OC(F)(F)F)c3)c12. The molecule has 0 radical (unpaired) electrons. The van der Waals surface area contributed by atoms with Gasteiger partial charge >= 0.3 is 6.36 Å². The molecule has 0 aliphatic carbocycles. The maximum Gasteiger partial charge on any atom is 0.573 e. The first-order valence-electron chi connectivity index (χ1n) is 7.40. The molecular formula is C16H14F3N5O2. The van der Waals surface area contributed by atoms with E-state index in [4.69, 9.17) is 5.73 Å². The topological polar surface area (TPSA) is 95.1 Å². The molecule has 0 atom stereocenters. The number of ether oxygens (including phenoxy) is 1. The number of nitrogens with zero attached hydrogens (tertiary/aromatic N) is 3. The van der Waals surface area contributed by atoms with Gasteiger partial charge in [0.05, 0.1) is 22.3 Å². The highest BCUT2D eigenvalue weighted by Gasteiger charge is 2.31. The molecule has 1 amide bonds. The number of aryl methyl sites for hydroxylation is 2. The number of halogens is 3. The third-order valence-electron chi connectivity index (χ3n) is 3.63. The Morgan fingerprint density at radius 1 is 1.35 bits per heavy atom. The monoisotopic (exact) mass is 365 g/mol. The van der Waals surface area contributed by atoms with Crippen LogP contribution in [-0.4, -0.2) is 27.0 Å². The number of nitrogens with two attached hydrogens (primary N) is 1. The van der Waals surface area contributed by atoms with Gasteiger partial charge in [-0.05, 0) is 19.1 Å². The zero-order chi connectivity index (χ0) is 19.1. The molecule has 0 aliphatic rings. The summed E-state index contributed by atoms with van der Waals surface area (Å²) in [6.45, 7) is 1.73. The highest BCUT2D eigenvalue weighted by atomic mass is 19.4. The molecule has 0 spiro atoms. The first-order chi connectivity index (χ1) is 12.2. The van der Waals surface area contributed by atoms with Gasteiger partial charge in [0.1, 0.15) is 5.75 Å². The molecule has 3 N–H and O–H groups in total. The van der Waals surface area contributed by atoms with Crippen molar-refractivity contribution in [2.24, 2.45) is 12.8 Å². The van der Waals surface area contributed by atoms with Crippen LogP contribution in [0.3, 0.4) is 0 Å². The normalized spacial score (nSPS) is 11.6. The molecule has 0 bridgehead atoms. The second kappa shape index (κ2) is 6.21. The Morgan fingerprint density at radius 2 is 2.08 bits per heavy atom. The summed E-state index contributed by atoms with van der Waals surface area (Å²) in [5, 5.41) is 7.73. The third kappa shape index (κ3) is 3.39. The fourth-order valence-corrected chi connectivity index (χ4v) is 2.64. The molecule has 10 heteroatoms. The lowest BCUT2D eigenvalue weighted by molar-refractivity contribution is -0.274. The van der Waals surface area contributed by atoms with E-state index < -0.39 is 18.0 Å². The second-order valence-corrected chi connectivity index (χ2v) is 5.52. The van der Waals surface area contributed by atoms with Crippen LogP contribution in [0, 0.1) is 6.92 Å². The van der Waals surface area contributed by atoms with Gasteiger partial charge in [0, 0.05) is 25.0 Å². The smallest absolute Gasteiger partial charge is 0.406 e. The van der Waals surface area contributed by atoms with Gasteiger partial charge in [-0.1, -0.05) is 6.07 Å². The Balaban J connectivity index is 2.10. The number of aromatic nitrogens is 3. The first-order valence-corrected chi connectivity index (χ1v) is 7.40. The van der Waals surface area contributed by atoms with Crippen molar-refractivity contribution < 1.29 is 22.7 Å². The number of hydrogen-bond acceptors (Lipinski definition) is 5. The van der Waals surface area contributed by atoms with E-state index in [-0.39, 0.29) is 11.3 Å². The number of benzene rings is 1. The van der Waals surface area contributed by atoms with Crippen molar-refractivity contribution in [3.8, 4) is 5.75 Å². The van der Waals surface area contributed by atoms with Gasteiger partial charge in [-0.2, -0.15) is 5.10 Å². The fourth-order valence-electron chi connectivity index (χ4n) is 2.64. The van der Waals surface area contributed by atoms with Gasteiger partial charge < -0.3 is 15.8 Å². The predicted octanol–water partition coefficient (Wildman–Crippen LogP) is 3.02. The lowest BCUT2D eigenvalue weighted by Gasteiger charge is -2.14. The zero-order valence-corrected chi connectivity index (χ0v) is 13.8. The van der Waals surface area contributed by atoms with Crippen molar-refractivity contribution in [2.75, 3.05) is 5.32 Å². The molecule has 0 aliphatic heterocycles. The predicted molar refractivity (Wildman–Crippen MR) is 88.2 cm³/mol. The molecular weight excluding hydrogens is 351 g/mol. The summed E-state index contributed by atoms with van der Waals surface area (Å²) in [7, 11) is 1.69. The molecule has 0 saturated carbocycles. The quantitative estimate of drug-likeness (QED) is 0.741. The van der Waals surface area contributed by atoms with E-state index in [1.165, 1.54) is 29.1 Å². The molecule has 1 aromatic carbocycles. The van der Waals surface area contributed by atoms with E-state index in [0.717, 1.165) is 6.07 Å². The number of carbonyl (C=O) groups excluding carboxylic acids is 1. The van der Waals surface area contributed by atoms with Gasteiger partial charge in [-0.25, -0.2) is 4.98 Å². The number of anilines is 2. The van der Waals surface area contributed by atoms with Crippen LogP contribution in [0.25, 0.3) is 11.0 Å². The minimum Gasteiger partial charge on any atom is -0.406 e. The average molecular weight is 365 g/mol. The van der Waals surface area contributed by atoms with Gasteiger partial charge in [0.25, 0.3) is 5.91 Å². The van der Waals surface area contributed by atoms with Crippen LogP contribution in [0.2, 0.25) is 0 Å². The Kier molecular flexibility index (Phi) is 4.18. The summed E-state index contributed by atoms with van der Waals surface area (Å²) in [5.41, 5.74) is 7.19. The van der Waals surface area contributed by atoms with Gasteiger partial charge in [0.15, 0.2) is 5.65 Å². The average Bonchev–Trinajstić information content (AvgIpc) is 2.81. The Hall–Kier alpha value is -3.30. The number of alkyl halides is 3. The van der Waals surface area contributed by atoms with Crippen molar-refractivity contribution >= 4 is 28.3 Å². The van der Waals surface area contributed by atoms with Gasteiger partial charge in [-0.15, -0.1) is 13.2 Å². The lowest BCUT2D eigenvalue weighted by atomic mass is 10.1. The number of carbonyl (C=O) groups is 1. The van der Waals surface area contributed by atoms with Crippen molar-refractivity contribution in [1.29, 1.82) is 0 Å². The Labute approximate surface area is 145 Å². The molecule has 3 aromatic rings. The standard InChI is InChI=1S/C16H14F3N5O2/c1-8-12-13(11(14(20)25)7-21-15(12)24(2)23-8)22-9-4-3-5-10(6-9)26-16(17,18)19/h3-7H,1-2H3,(H2,20,25)(H,21,22). The van der Waals surface area contributed by atoms with Crippen LogP contribution in [0.1, 0.15) is 16.1 Å². The van der Waals surface area contributed by atoms with E-state index in [1.807, 2.05) is 0 Å². The molecule has 3 rings (SSSR count). The van der Waals surface area contributed by atoms with Crippen molar-refractivity contribution in [2.45, 2.75) is 13.3 Å². The molecule has 0 unspecified atom stereocenters. The highest BCUT2D eigenvalue weighted by Crippen LogP contribution is 2.32. The number of hydrogen-bond donors (Lipinski definition) is 2. The van der Waals surface area contributed by atoms with Crippen LogP contribution in [0.5, 0.6) is 5.75 Å². The number of rotatable bonds is 4. The maximum atomic E-state index is 12.4. The van der Waals surface area contributed by atoms with E-state index in [9.17, 15) is 18.0 Å². The number of amides is 1. The van der Waals surface area contributed by atoms with E-state index >= 15 is 0 Å². The highest BCUT2D eigenvalue weighted by molar-refractivity contribution is 6.07. The molecule has 7 nitrogen and oxygen atoms in total. The van der Waals surface area contributed by atoms with Crippen molar-refractivity contribution in [3.63, 3.8) is 0 Å². The number of fused-ring (bicyclic) bond motifs is 1. The number of pyridine rings is 1. The van der Waals surface area contributed by atoms with Gasteiger partial charge in [-0.3, -0.25) is 9.48 Å². The van der Waals surface area contributed by atoms with Crippen LogP contribution in [-0.2, 0) is 7.05 Å². The molecule has 26 heavy (non-hydrogen) atoms. The van der Waals surface area contributed by atoms with Crippen molar-refractivity contribution in [1.82, 2.24) is 14.8 Å². The second-order valence-electron chi connectivity index (χ2n) is 5.52.